The van der Waals surface area contributed by atoms with Crippen LogP contribution < -0.4 is 4.74 Å². The first-order valence-corrected chi connectivity index (χ1v) is 12.6. The van der Waals surface area contributed by atoms with E-state index in [1.165, 1.54) is 5.56 Å². The van der Waals surface area contributed by atoms with Crippen molar-refractivity contribution in [3.63, 3.8) is 0 Å². The van der Waals surface area contributed by atoms with E-state index in [0.717, 1.165) is 48.9 Å². The number of β-amino-alcohol motifs (C(OH)–C–C–N with tert-alkyl or cyclic N) is 1. The van der Waals surface area contributed by atoms with Crippen molar-refractivity contribution in [2.24, 2.45) is 7.05 Å². The first-order valence-electron chi connectivity index (χ1n) is 12.6. The fourth-order valence-electron chi connectivity index (χ4n) is 4.48. The third-order valence-electron chi connectivity index (χ3n) is 6.41. The number of hydrogen-bond acceptors (Lipinski definition) is 7. The quantitative estimate of drug-likeness (QED) is 0.414. The predicted octanol–water partition coefficient (Wildman–Crippen LogP) is 3.33. The summed E-state index contributed by atoms with van der Waals surface area (Å²) in [4.78, 5) is 4.48. The number of benzene rings is 2. The maximum Gasteiger partial charge on any atom is 0.222 e. The van der Waals surface area contributed by atoms with Crippen LogP contribution in [0.5, 0.6) is 11.6 Å². The molecule has 194 valence electrons. The Bertz CT molecular complexity index is 1070. The van der Waals surface area contributed by atoms with E-state index in [9.17, 15) is 5.11 Å². The molecule has 1 N–H and O–H groups in total. The van der Waals surface area contributed by atoms with Gasteiger partial charge in [0, 0.05) is 59.0 Å². The largest absolute Gasteiger partial charge is 0.439 e. The molecule has 2 heterocycles. The van der Waals surface area contributed by atoms with E-state index in [1.54, 1.807) is 11.8 Å². The first-order chi connectivity index (χ1) is 17.5. The lowest BCUT2D eigenvalue weighted by Gasteiger charge is -2.31. The maximum absolute atomic E-state index is 11.0. The fraction of sp³-hybridized carbons (Fsp3) is 0.464. The van der Waals surface area contributed by atoms with E-state index < -0.39 is 6.10 Å². The zero-order chi connectivity index (χ0) is 25.3. The van der Waals surface area contributed by atoms with Gasteiger partial charge < -0.3 is 19.3 Å². The number of nitrogens with zero attached hydrogens (tertiary/aromatic N) is 4. The van der Waals surface area contributed by atoms with Gasteiger partial charge in [-0.3, -0.25) is 9.80 Å². The molecule has 0 aliphatic carbocycles. The summed E-state index contributed by atoms with van der Waals surface area (Å²) in [6.45, 7) is 8.17. The molecule has 1 saturated heterocycles. The monoisotopic (exact) mass is 494 g/mol. The molecular formula is C28H38N4O4. The molecule has 1 fully saturated rings. The topological polar surface area (TPSA) is 72.2 Å². The number of ether oxygens (including phenoxy) is 3. The molecule has 1 aromatic heterocycles. The third-order valence-corrected chi connectivity index (χ3v) is 6.41. The van der Waals surface area contributed by atoms with Gasteiger partial charge in [-0.2, -0.15) is 5.10 Å². The van der Waals surface area contributed by atoms with E-state index in [2.05, 4.69) is 28.9 Å². The molecule has 0 radical (unpaired) electrons. The molecular weight excluding hydrogens is 456 g/mol. The minimum atomic E-state index is -0.488. The summed E-state index contributed by atoms with van der Waals surface area (Å²) in [6, 6.07) is 18.2. The van der Waals surface area contributed by atoms with Crippen LogP contribution in [0, 0.1) is 6.92 Å². The molecule has 0 bridgehead atoms. The third kappa shape index (κ3) is 7.15. The van der Waals surface area contributed by atoms with Gasteiger partial charge in [0.05, 0.1) is 31.5 Å². The minimum absolute atomic E-state index is 0.488. The number of aromatic nitrogens is 2. The van der Waals surface area contributed by atoms with Crippen molar-refractivity contribution in [2.45, 2.75) is 19.6 Å². The van der Waals surface area contributed by atoms with Crippen molar-refractivity contribution < 1.29 is 19.3 Å². The molecule has 4 rings (SSSR count). The zero-order valence-electron chi connectivity index (χ0n) is 21.6. The molecule has 0 unspecified atom stereocenters. The van der Waals surface area contributed by atoms with Gasteiger partial charge in [-0.05, 0) is 19.1 Å². The van der Waals surface area contributed by atoms with E-state index in [0.29, 0.717) is 38.7 Å². The minimum Gasteiger partial charge on any atom is -0.439 e. The number of aliphatic hydroxyl groups is 1. The van der Waals surface area contributed by atoms with Crippen LogP contribution in [0.2, 0.25) is 0 Å². The van der Waals surface area contributed by atoms with Crippen LogP contribution in [0.3, 0.4) is 0 Å². The second-order valence-electron chi connectivity index (χ2n) is 9.33. The van der Waals surface area contributed by atoms with Crippen molar-refractivity contribution in [2.75, 3.05) is 59.7 Å². The Morgan fingerprint density at radius 3 is 2.50 bits per heavy atom. The van der Waals surface area contributed by atoms with Crippen LogP contribution >= 0.6 is 0 Å². The lowest BCUT2D eigenvalue weighted by Crippen LogP contribution is -2.45. The lowest BCUT2D eigenvalue weighted by atomic mass is 10.1. The molecule has 36 heavy (non-hydrogen) atoms. The number of hydrogen-bond donors (Lipinski definition) is 1. The van der Waals surface area contributed by atoms with Gasteiger partial charge in [0.15, 0.2) is 0 Å². The van der Waals surface area contributed by atoms with Gasteiger partial charge in [0.1, 0.15) is 11.4 Å². The number of methoxy groups -OCH3 is 1. The second-order valence-corrected chi connectivity index (χ2v) is 9.33. The average Bonchev–Trinajstić information content (AvgIpc) is 3.19. The molecule has 1 aliphatic heterocycles. The Labute approximate surface area is 214 Å². The standard InChI is InChI=1S/C28H38N4O4/c1-22-9-11-25(12-10-22)36-28-26(27(29-30(28)2)23-7-5-4-6-8-23)21-32(13-16-34-3)20-24(33)19-31-14-17-35-18-15-31/h4-12,24,33H,13-21H2,1-3H3/t24-/m1/s1. The predicted molar refractivity (Wildman–Crippen MR) is 140 cm³/mol. The fourth-order valence-corrected chi connectivity index (χ4v) is 4.48. The van der Waals surface area contributed by atoms with Crippen molar-refractivity contribution in [1.82, 2.24) is 19.6 Å². The van der Waals surface area contributed by atoms with Gasteiger partial charge >= 0.3 is 0 Å². The molecule has 2 aromatic carbocycles. The number of aliphatic hydroxyl groups excluding tert-OH is 1. The first kappa shape index (κ1) is 26.3. The number of morpholine rings is 1. The lowest BCUT2D eigenvalue weighted by molar-refractivity contribution is 0.00434. The summed E-state index contributed by atoms with van der Waals surface area (Å²) in [5.74, 6) is 1.46. The summed E-state index contributed by atoms with van der Waals surface area (Å²) in [5.41, 5.74) is 4.07. The molecule has 0 amide bonds. The van der Waals surface area contributed by atoms with Crippen molar-refractivity contribution >= 4 is 0 Å². The SMILES string of the molecule is COCCN(Cc1c(-c2ccccc2)nn(C)c1Oc1ccc(C)cc1)C[C@H](O)CN1CCOCC1. The highest BCUT2D eigenvalue weighted by atomic mass is 16.5. The molecule has 8 nitrogen and oxygen atoms in total. The Hall–Kier alpha value is -2.75. The highest BCUT2D eigenvalue weighted by molar-refractivity contribution is 5.65. The molecule has 0 spiro atoms. The van der Waals surface area contributed by atoms with Crippen LogP contribution in [0.1, 0.15) is 11.1 Å². The second kappa shape index (κ2) is 13.0. The maximum atomic E-state index is 11.0. The van der Waals surface area contributed by atoms with E-state index >= 15 is 0 Å². The van der Waals surface area contributed by atoms with Crippen LogP contribution in [0.15, 0.2) is 54.6 Å². The van der Waals surface area contributed by atoms with Gasteiger partial charge in [0.25, 0.3) is 0 Å². The van der Waals surface area contributed by atoms with Gasteiger partial charge in [-0.1, -0.05) is 48.0 Å². The smallest absolute Gasteiger partial charge is 0.222 e. The Balaban J connectivity index is 1.60. The molecule has 3 aromatic rings. The summed E-state index contributed by atoms with van der Waals surface area (Å²) < 4.78 is 19.0. The van der Waals surface area contributed by atoms with Gasteiger partial charge in [-0.15, -0.1) is 0 Å². The van der Waals surface area contributed by atoms with Crippen LogP contribution in [0.25, 0.3) is 11.3 Å². The molecule has 1 aliphatic rings. The molecule has 8 heteroatoms. The zero-order valence-corrected chi connectivity index (χ0v) is 21.6. The summed E-state index contributed by atoms with van der Waals surface area (Å²) in [6.07, 6.45) is -0.488. The van der Waals surface area contributed by atoms with Crippen LogP contribution in [0.4, 0.5) is 0 Å². The Morgan fingerprint density at radius 2 is 1.81 bits per heavy atom. The molecule has 0 saturated carbocycles. The van der Waals surface area contributed by atoms with Crippen molar-refractivity contribution in [3.8, 4) is 22.9 Å². The normalized spacial score (nSPS) is 15.4. The van der Waals surface area contributed by atoms with Crippen LogP contribution in [-0.2, 0) is 23.1 Å². The average molecular weight is 495 g/mol. The van der Waals surface area contributed by atoms with Crippen LogP contribution in [-0.4, -0.2) is 90.4 Å². The Kier molecular flexibility index (Phi) is 9.49. The molecule has 1 atom stereocenters. The summed E-state index contributed by atoms with van der Waals surface area (Å²) >= 11 is 0. The summed E-state index contributed by atoms with van der Waals surface area (Å²) in [5, 5.41) is 15.8. The van der Waals surface area contributed by atoms with Crippen molar-refractivity contribution in [3.05, 3.63) is 65.7 Å². The van der Waals surface area contributed by atoms with E-state index in [-0.39, 0.29) is 0 Å². The summed E-state index contributed by atoms with van der Waals surface area (Å²) in [7, 11) is 3.61. The number of aryl methyl sites for hydroxylation is 2. The highest BCUT2D eigenvalue weighted by Gasteiger charge is 2.24. The number of rotatable bonds is 12. The Morgan fingerprint density at radius 1 is 1.08 bits per heavy atom. The highest BCUT2D eigenvalue weighted by Crippen LogP contribution is 2.34. The van der Waals surface area contributed by atoms with Gasteiger partial charge in [-0.25, -0.2) is 4.68 Å². The van der Waals surface area contributed by atoms with Gasteiger partial charge in [0.2, 0.25) is 5.88 Å². The van der Waals surface area contributed by atoms with E-state index in [1.807, 2.05) is 49.5 Å². The van der Waals surface area contributed by atoms with E-state index in [4.69, 9.17) is 19.3 Å². The van der Waals surface area contributed by atoms with Crippen molar-refractivity contribution in [1.29, 1.82) is 0 Å².